The summed E-state index contributed by atoms with van der Waals surface area (Å²) in [4.78, 5) is 32.0. The quantitative estimate of drug-likeness (QED) is 0.212. The van der Waals surface area contributed by atoms with Crippen LogP contribution in [0.3, 0.4) is 0 Å². The molecule has 3 heterocycles. The van der Waals surface area contributed by atoms with Gasteiger partial charge in [-0.25, -0.2) is 14.6 Å². The molecular formula is C31H34ClN3O5S. The third-order valence-electron chi connectivity index (χ3n) is 7.13. The predicted molar refractivity (Wildman–Crippen MR) is 161 cm³/mol. The molecule has 10 heteroatoms. The van der Waals surface area contributed by atoms with Crippen molar-refractivity contribution in [1.82, 2.24) is 14.5 Å². The van der Waals surface area contributed by atoms with Crippen molar-refractivity contribution in [3.63, 3.8) is 0 Å². The highest BCUT2D eigenvalue weighted by atomic mass is 35.5. The maximum absolute atomic E-state index is 12.7. The number of fused-ring (bicyclic) bond motifs is 1. The van der Waals surface area contributed by atoms with Gasteiger partial charge in [-0.3, -0.25) is 4.57 Å². The second-order valence-corrected chi connectivity index (χ2v) is 12.6. The molecule has 1 aliphatic rings. The van der Waals surface area contributed by atoms with E-state index in [4.69, 9.17) is 25.8 Å². The van der Waals surface area contributed by atoms with E-state index < -0.39 is 11.6 Å². The average molecular weight is 596 g/mol. The van der Waals surface area contributed by atoms with Crippen LogP contribution in [0.15, 0.2) is 54.9 Å². The van der Waals surface area contributed by atoms with E-state index in [1.165, 1.54) is 24.0 Å². The van der Waals surface area contributed by atoms with Crippen molar-refractivity contribution >= 4 is 46.0 Å². The van der Waals surface area contributed by atoms with Crippen LogP contribution in [0.25, 0.3) is 16.0 Å². The van der Waals surface area contributed by atoms with Crippen molar-refractivity contribution in [2.45, 2.75) is 58.2 Å². The molecule has 0 N–H and O–H groups in total. The standard InChI is InChI=1S/C31H34ClN3O5S/c1-19(22-8-6-7-9-23(22)32)39-26-17-27(41-28(26)29(36)38-5)35-18-33-24-11-10-21(16-25(24)35)20-12-14-34(15-13-20)30(37)40-31(2,3)4/h6-11,16-20H,12-15H2,1-5H3/t19-/m1/s1. The Balaban J connectivity index is 1.39. The third-order valence-corrected chi connectivity index (χ3v) is 8.57. The molecule has 2 aromatic heterocycles. The van der Waals surface area contributed by atoms with Crippen LogP contribution >= 0.6 is 22.9 Å². The van der Waals surface area contributed by atoms with Gasteiger partial charge in [-0.15, -0.1) is 11.3 Å². The maximum atomic E-state index is 12.7. The number of esters is 1. The molecule has 5 rings (SSSR count). The number of carbonyl (C=O) groups is 2. The van der Waals surface area contributed by atoms with Crippen LogP contribution < -0.4 is 4.74 Å². The number of likely N-dealkylation sites (tertiary alicyclic amines) is 1. The van der Waals surface area contributed by atoms with Crippen LogP contribution in [-0.4, -0.2) is 52.3 Å². The van der Waals surface area contributed by atoms with Gasteiger partial charge in [0, 0.05) is 29.7 Å². The second-order valence-electron chi connectivity index (χ2n) is 11.2. The van der Waals surface area contributed by atoms with E-state index in [1.54, 1.807) is 11.2 Å². The summed E-state index contributed by atoms with van der Waals surface area (Å²) in [5, 5.41) is 1.38. The number of methoxy groups -OCH3 is 1. The van der Waals surface area contributed by atoms with Gasteiger partial charge in [0.15, 0.2) is 4.88 Å². The first kappa shape index (κ1) is 29.0. The van der Waals surface area contributed by atoms with Crippen LogP contribution in [0.5, 0.6) is 5.75 Å². The Morgan fingerprint density at radius 3 is 2.51 bits per heavy atom. The van der Waals surface area contributed by atoms with Gasteiger partial charge < -0.3 is 19.1 Å². The van der Waals surface area contributed by atoms with E-state index >= 15 is 0 Å². The normalized spacial score (nSPS) is 15.1. The van der Waals surface area contributed by atoms with E-state index in [-0.39, 0.29) is 12.2 Å². The Morgan fingerprint density at radius 1 is 1.10 bits per heavy atom. The van der Waals surface area contributed by atoms with Gasteiger partial charge in [-0.2, -0.15) is 0 Å². The van der Waals surface area contributed by atoms with E-state index in [0.29, 0.717) is 34.7 Å². The monoisotopic (exact) mass is 595 g/mol. The molecule has 0 bridgehead atoms. The Bertz CT molecular complexity index is 1570. The molecule has 0 unspecified atom stereocenters. The van der Waals surface area contributed by atoms with Crippen LogP contribution in [0.4, 0.5) is 4.79 Å². The number of nitrogens with zero attached hydrogens (tertiary/aromatic N) is 3. The molecule has 2 aromatic carbocycles. The lowest BCUT2D eigenvalue weighted by atomic mass is 9.89. The number of aromatic nitrogens is 2. The van der Waals surface area contributed by atoms with Crippen molar-refractivity contribution < 1.29 is 23.8 Å². The molecule has 1 atom stereocenters. The minimum absolute atomic E-state index is 0.259. The summed E-state index contributed by atoms with van der Waals surface area (Å²) in [5.41, 5.74) is 3.29. The SMILES string of the molecule is COC(=O)c1sc(-n2cnc3ccc(C4CCN(C(=O)OC(C)(C)C)CC4)cc32)cc1O[C@H](C)c1ccccc1Cl. The van der Waals surface area contributed by atoms with Gasteiger partial charge in [0.2, 0.25) is 0 Å². The highest BCUT2D eigenvalue weighted by molar-refractivity contribution is 7.16. The lowest BCUT2D eigenvalue weighted by Crippen LogP contribution is -2.41. The molecule has 1 fully saturated rings. The average Bonchev–Trinajstić information content (AvgIpc) is 3.55. The molecule has 0 aliphatic carbocycles. The molecule has 4 aromatic rings. The number of benzene rings is 2. The van der Waals surface area contributed by atoms with E-state index in [1.807, 2.05) is 68.7 Å². The van der Waals surface area contributed by atoms with E-state index in [9.17, 15) is 9.59 Å². The molecule has 8 nitrogen and oxygen atoms in total. The van der Waals surface area contributed by atoms with Crippen LogP contribution in [0.1, 0.15) is 73.4 Å². The Labute approximate surface area is 248 Å². The van der Waals surface area contributed by atoms with Crippen molar-refractivity contribution in [2.75, 3.05) is 20.2 Å². The number of imidazole rings is 1. The molecule has 0 saturated carbocycles. The number of hydrogen-bond acceptors (Lipinski definition) is 7. The summed E-state index contributed by atoms with van der Waals surface area (Å²) in [6, 6.07) is 15.6. The number of thiophene rings is 1. The summed E-state index contributed by atoms with van der Waals surface area (Å²) < 4.78 is 18.8. The van der Waals surface area contributed by atoms with Crippen molar-refractivity contribution in [3.05, 3.63) is 75.9 Å². The summed E-state index contributed by atoms with van der Waals surface area (Å²) in [7, 11) is 1.36. The number of amides is 1. The molecule has 41 heavy (non-hydrogen) atoms. The number of carbonyl (C=O) groups excluding carboxylic acids is 2. The van der Waals surface area contributed by atoms with Crippen LogP contribution in [0.2, 0.25) is 5.02 Å². The summed E-state index contributed by atoms with van der Waals surface area (Å²) in [5.74, 6) is 0.270. The zero-order valence-electron chi connectivity index (χ0n) is 23.8. The minimum Gasteiger partial charge on any atom is -0.484 e. The number of ether oxygens (including phenoxy) is 3. The first-order valence-electron chi connectivity index (χ1n) is 13.6. The molecular weight excluding hydrogens is 562 g/mol. The topological polar surface area (TPSA) is 82.9 Å². The van der Waals surface area contributed by atoms with Crippen molar-refractivity contribution in [3.8, 4) is 10.8 Å². The largest absolute Gasteiger partial charge is 0.484 e. The van der Waals surface area contributed by atoms with E-state index in [0.717, 1.165) is 34.4 Å². The summed E-state index contributed by atoms with van der Waals surface area (Å²) in [6.45, 7) is 8.83. The molecule has 0 spiro atoms. The van der Waals surface area contributed by atoms with Gasteiger partial charge in [0.25, 0.3) is 0 Å². The summed E-state index contributed by atoms with van der Waals surface area (Å²) in [6.07, 6.45) is 2.82. The van der Waals surface area contributed by atoms with Gasteiger partial charge >= 0.3 is 12.1 Å². The highest BCUT2D eigenvalue weighted by Gasteiger charge is 2.28. The Hall–Kier alpha value is -3.56. The second kappa shape index (κ2) is 11.7. The predicted octanol–water partition coefficient (Wildman–Crippen LogP) is 7.78. The van der Waals surface area contributed by atoms with Gasteiger partial charge in [0.1, 0.15) is 28.8 Å². The van der Waals surface area contributed by atoms with E-state index in [2.05, 4.69) is 17.1 Å². The zero-order valence-corrected chi connectivity index (χ0v) is 25.4. The third kappa shape index (κ3) is 6.36. The first-order valence-corrected chi connectivity index (χ1v) is 14.8. The van der Waals surface area contributed by atoms with Gasteiger partial charge in [0.05, 0.1) is 18.1 Å². The molecule has 0 radical (unpaired) electrons. The highest BCUT2D eigenvalue weighted by Crippen LogP contribution is 2.38. The number of piperidine rings is 1. The lowest BCUT2D eigenvalue weighted by Gasteiger charge is -2.33. The molecule has 1 aliphatic heterocycles. The maximum Gasteiger partial charge on any atom is 0.410 e. The fourth-order valence-electron chi connectivity index (χ4n) is 5.04. The fraction of sp³-hybridized carbons (Fsp3) is 0.387. The van der Waals surface area contributed by atoms with Crippen LogP contribution in [0, 0.1) is 0 Å². The molecule has 216 valence electrons. The van der Waals surface area contributed by atoms with Gasteiger partial charge in [-0.05, 0) is 70.2 Å². The Morgan fingerprint density at radius 2 is 1.83 bits per heavy atom. The summed E-state index contributed by atoms with van der Waals surface area (Å²) >= 11 is 7.68. The minimum atomic E-state index is -0.509. The Kier molecular flexibility index (Phi) is 8.29. The number of halogens is 1. The number of hydrogen-bond donors (Lipinski definition) is 0. The van der Waals surface area contributed by atoms with Crippen molar-refractivity contribution in [1.29, 1.82) is 0 Å². The van der Waals surface area contributed by atoms with Crippen LogP contribution in [-0.2, 0) is 9.47 Å². The smallest absolute Gasteiger partial charge is 0.410 e. The number of rotatable bonds is 6. The first-order chi connectivity index (χ1) is 19.5. The molecule has 1 amide bonds. The lowest BCUT2D eigenvalue weighted by molar-refractivity contribution is 0.0204. The molecule has 1 saturated heterocycles. The van der Waals surface area contributed by atoms with Gasteiger partial charge in [-0.1, -0.05) is 35.9 Å². The fourth-order valence-corrected chi connectivity index (χ4v) is 6.32. The van der Waals surface area contributed by atoms with Crippen molar-refractivity contribution in [2.24, 2.45) is 0 Å². The zero-order chi connectivity index (χ0) is 29.3.